The van der Waals surface area contributed by atoms with Gasteiger partial charge in [0.1, 0.15) is 0 Å². The summed E-state index contributed by atoms with van der Waals surface area (Å²) in [6.07, 6.45) is 0. The summed E-state index contributed by atoms with van der Waals surface area (Å²) in [5.74, 6) is -0.359. The Bertz CT molecular complexity index is 634. The van der Waals surface area contributed by atoms with E-state index < -0.39 is 0 Å². The molecule has 0 fully saturated rings. The Kier molecular flexibility index (Phi) is 3.29. The van der Waals surface area contributed by atoms with Crippen molar-refractivity contribution in [1.82, 2.24) is 4.98 Å². The number of carbonyl (C=O) groups excluding carboxylic acids is 2. The lowest BCUT2D eigenvalue weighted by molar-refractivity contribution is -0.115. The summed E-state index contributed by atoms with van der Waals surface area (Å²) in [5.41, 5.74) is 2.02. The number of hydrogen-bond acceptors (Lipinski definition) is 4. The van der Waals surface area contributed by atoms with Crippen molar-refractivity contribution in [3.63, 3.8) is 0 Å². The van der Waals surface area contributed by atoms with Crippen molar-refractivity contribution < 1.29 is 9.59 Å². The van der Waals surface area contributed by atoms with Crippen molar-refractivity contribution in [3.8, 4) is 0 Å². The Balaban J connectivity index is 2.61. The highest BCUT2D eigenvalue weighted by Crippen LogP contribution is 2.35. The lowest BCUT2D eigenvalue weighted by atomic mass is 10.2. The minimum atomic E-state index is -0.180. The fraction of sp³-hybridized carbons (Fsp3) is 0.250. The minimum absolute atomic E-state index is 0.179. The number of thiazole rings is 1. The van der Waals surface area contributed by atoms with Crippen LogP contribution >= 0.6 is 11.3 Å². The molecule has 0 saturated carbocycles. The van der Waals surface area contributed by atoms with Gasteiger partial charge in [-0.3, -0.25) is 9.59 Å². The molecule has 0 spiro atoms. The number of amides is 2. The first kappa shape index (κ1) is 12.5. The molecule has 1 aromatic carbocycles. The van der Waals surface area contributed by atoms with Crippen LogP contribution < -0.4 is 10.6 Å². The number of nitrogens with one attached hydrogen (secondary N) is 2. The minimum Gasteiger partial charge on any atom is -0.324 e. The van der Waals surface area contributed by atoms with Gasteiger partial charge in [0.2, 0.25) is 11.8 Å². The number of anilines is 2. The molecule has 2 N–H and O–H groups in total. The predicted molar refractivity (Wildman–Crippen MR) is 73.0 cm³/mol. The van der Waals surface area contributed by atoms with Crippen LogP contribution in [-0.4, -0.2) is 16.8 Å². The van der Waals surface area contributed by atoms with Crippen LogP contribution in [-0.2, 0) is 9.59 Å². The van der Waals surface area contributed by atoms with Gasteiger partial charge in [0.05, 0.1) is 26.6 Å². The van der Waals surface area contributed by atoms with Crippen LogP contribution in [0, 0.1) is 6.92 Å². The van der Waals surface area contributed by atoms with Crippen molar-refractivity contribution in [1.29, 1.82) is 0 Å². The zero-order valence-corrected chi connectivity index (χ0v) is 11.1. The van der Waals surface area contributed by atoms with Crippen LogP contribution in [0.4, 0.5) is 11.4 Å². The number of hydrogen-bond donors (Lipinski definition) is 2. The van der Waals surface area contributed by atoms with Crippen LogP contribution in [0.25, 0.3) is 10.2 Å². The molecule has 0 bridgehead atoms. The van der Waals surface area contributed by atoms with Crippen LogP contribution in [0.1, 0.15) is 18.9 Å². The maximum Gasteiger partial charge on any atom is 0.221 e. The maximum atomic E-state index is 11.3. The quantitative estimate of drug-likeness (QED) is 0.874. The second-order valence-electron chi connectivity index (χ2n) is 3.93. The number of benzene rings is 1. The topological polar surface area (TPSA) is 71.1 Å². The molecule has 0 aliphatic carbocycles. The molecule has 6 heteroatoms. The van der Waals surface area contributed by atoms with E-state index in [1.54, 1.807) is 6.07 Å². The van der Waals surface area contributed by atoms with E-state index in [4.69, 9.17) is 0 Å². The first-order valence-electron chi connectivity index (χ1n) is 5.42. The van der Waals surface area contributed by atoms with E-state index in [1.807, 2.05) is 13.0 Å². The average molecular weight is 263 g/mol. The molecule has 5 nitrogen and oxygen atoms in total. The second kappa shape index (κ2) is 4.73. The van der Waals surface area contributed by atoms with Crippen molar-refractivity contribution in [3.05, 3.63) is 17.1 Å². The third-order valence-corrected chi connectivity index (χ3v) is 3.28. The van der Waals surface area contributed by atoms with Gasteiger partial charge in [-0.15, -0.1) is 11.3 Å². The Morgan fingerprint density at radius 3 is 2.44 bits per heavy atom. The van der Waals surface area contributed by atoms with Crippen LogP contribution in [0.2, 0.25) is 0 Å². The Hall–Kier alpha value is -1.95. The van der Waals surface area contributed by atoms with Gasteiger partial charge >= 0.3 is 0 Å². The zero-order valence-electron chi connectivity index (χ0n) is 10.3. The standard InChI is InChI=1S/C12H13N3O2S/c1-6(16)13-9-4-5-10-12(18-8(3)15-10)11(9)14-7(2)17/h4-5H,1-3H3,(H,13,16)(H,14,17). The molecule has 0 atom stereocenters. The predicted octanol–water partition coefficient (Wildman–Crippen LogP) is 2.52. The van der Waals surface area contributed by atoms with Crippen LogP contribution in [0.3, 0.4) is 0 Å². The lowest BCUT2D eigenvalue weighted by Crippen LogP contribution is -2.12. The van der Waals surface area contributed by atoms with Gasteiger partial charge in [0.25, 0.3) is 0 Å². The zero-order chi connectivity index (χ0) is 13.3. The largest absolute Gasteiger partial charge is 0.324 e. The number of aromatic nitrogens is 1. The molecular formula is C12H13N3O2S. The highest BCUT2D eigenvalue weighted by Gasteiger charge is 2.13. The Morgan fingerprint density at radius 1 is 1.17 bits per heavy atom. The van der Waals surface area contributed by atoms with Crippen LogP contribution in [0.15, 0.2) is 12.1 Å². The molecule has 2 rings (SSSR count). The summed E-state index contributed by atoms with van der Waals surface area (Å²) in [4.78, 5) is 26.8. The fourth-order valence-corrected chi connectivity index (χ4v) is 2.62. The summed E-state index contributed by atoms with van der Waals surface area (Å²) >= 11 is 1.48. The van der Waals surface area contributed by atoms with Crippen LogP contribution in [0.5, 0.6) is 0 Å². The fourth-order valence-electron chi connectivity index (χ4n) is 1.70. The molecule has 0 aliphatic rings. The van der Waals surface area contributed by atoms with E-state index in [9.17, 15) is 9.59 Å². The molecule has 18 heavy (non-hydrogen) atoms. The lowest BCUT2D eigenvalue weighted by Gasteiger charge is -2.10. The first-order valence-corrected chi connectivity index (χ1v) is 6.24. The normalized spacial score (nSPS) is 10.4. The van der Waals surface area contributed by atoms with Gasteiger partial charge < -0.3 is 10.6 Å². The van der Waals surface area contributed by atoms with Gasteiger partial charge in [-0.1, -0.05) is 0 Å². The smallest absolute Gasteiger partial charge is 0.221 e. The summed E-state index contributed by atoms with van der Waals surface area (Å²) < 4.78 is 0.869. The summed E-state index contributed by atoms with van der Waals surface area (Å²) in [6.45, 7) is 4.77. The molecule has 0 saturated heterocycles. The second-order valence-corrected chi connectivity index (χ2v) is 5.13. The molecule has 1 heterocycles. The highest BCUT2D eigenvalue weighted by molar-refractivity contribution is 7.19. The van der Waals surface area contributed by atoms with Gasteiger partial charge in [0.15, 0.2) is 0 Å². The van der Waals surface area contributed by atoms with Crippen molar-refractivity contribution in [2.45, 2.75) is 20.8 Å². The SMILES string of the molecule is CC(=O)Nc1ccc2nc(C)sc2c1NC(C)=O. The number of aryl methyl sites for hydroxylation is 1. The number of fused-ring (bicyclic) bond motifs is 1. The van der Waals surface area contributed by atoms with Gasteiger partial charge in [-0.25, -0.2) is 4.98 Å². The Labute approximate surface area is 108 Å². The average Bonchev–Trinajstić information content (AvgIpc) is 2.61. The molecule has 94 valence electrons. The molecule has 2 aromatic rings. The van der Waals surface area contributed by atoms with E-state index in [2.05, 4.69) is 15.6 Å². The maximum absolute atomic E-state index is 11.3. The number of carbonyl (C=O) groups is 2. The van der Waals surface area contributed by atoms with E-state index in [-0.39, 0.29) is 11.8 Å². The molecule has 2 amide bonds. The van der Waals surface area contributed by atoms with Gasteiger partial charge in [0, 0.05) is 13.8 Å². The van der Waals surface area contributed by atoms with Gasteiger partial charge in [-0.05, 0) is 19.1 Å². The monoisotopic (exact) mass is 263 g/mol. The van der Waals surface area contributed by atoms with Crippen molar-refractivity contribution >= 4 is 44.7 Å². The van der Waals surface area contributed by atoms with Crippen molar-refractivity contribution in [2.24, 2.45) is 0 Å². The third kappa shape index (κ3) is 2.48. The van der Waals surface area contributed by atoms with Gasteiger partial charge in [-0.2, -0.15) is 0 Å². The molecule has 0 unspecified atom stereocenters. The third-order valence-electron chi connectivity index (χ3n) is 2.28. The number of rotatable bonds is 2. The summed E-state index contributed by atoms with van der Waals surface area (Å²) in [6, 6.07) is 3.57. The van der Waals surface area contributed by atoms with E-state index in [0.29, 0.717) is 11.4 Å². The highest BCUT2D eigenvalue weighted by atomic mass is 32.1. The van der Waals surface area contributed by atoms with Crippen molar-refractivity contribution in [2.75, 3.05) is 10.6 Å². The first-order chi connectivity index (χ1) is 8.47. The summed E-state index contributed by atoms with van der Waals surface area (Å²) in [7, 11) is 0. The van der Waals surface area contributed by atoms with E-state index >= 15 is 0 Å². The summed E-state index contributed by atoms with van der Waals surface area (Å²) in [5, 5.41) is 6.37. The van der Waals surface area contributed by atoms with E-state index in [0.717, 1.165) is 15.2 Å². The molecular weight excluding hydrogens is 250 g/mol. The van der Waals surface area contributed by atoms with E-state index in [1.165, 1.54) is 25.2 Å². The molecule has 1 aromatic heterocycles. The Morgan fingerprint density at radius 2 is 1.83 bits per heavy atom. The molecule has 0 radical (unpaired) electrons. The number of nitrogens with zero attached hydrogens (tertiary/aromatic N) is 1. The molecule has 0 aliphatic heterocycles.